The molecule has 1 aliphatic carbocycles. The van der Waals surface area contributed by atoms with Crippen molar-refractivity contribution in [3.05, 3.63) is 47.1 Å². The Morgan fingerprint density at radius 1 is 1.32 bits per heavy atom. The van der Waals surface area contributed by atoms with Crippen LogP contribution in [0.1, 0.15) is 69.9 Å². The number of hydrogen-bond acceptors (Lipinski definition) is 5. The Hall–Kier alpha value is -2.27. The van der Waals surface area contributed by atoms with E-state index in [2.05, 4.69) is 38.4 Å². The number of ether oxygens (including phenoxy) is 3. The third-order valence-electron chi connectivity index (χ3n) is 6.14. The van der Waals surface area contributed by atoms with Crippen molar-refractivity contribution in [2.75, 3.05) is 20.3 Å². The monoisotopic (exact) mass is 427 g/mol. The molecule has 3 rings (SSSR count). The van der Waals surface area contributed by atoms with Crippen LogP contribution in [0, 0.1) is 5.92 Å². The SMILES string of the molecule is C=C(C)[C@@H]1CCC(C)=C[C@H]1c1c(O)cc(CCCCC)cc1O/C(=N\C)OCC1CO1. The van der Waals surface area contributed by atoms with Gasteiger partial charge in [0.05, 0.1) is 6.61 Å². The van der Waals surface area contributed by atoms with Gasteiger partial charge in [0.2, 0.25) is 0 Å². The molecule has 31 heavy (non-hydrogen) atoms. The van der Waals surface area contributed by atoms with E-state index in [1.54, 1.807) is 7.05 Å². The van der Waals surface area contributed by atoms with Gasteiger partial charge in [-0.3, -0.25) is 0 Å². The van der Waals surface area contributed by atoms with Gasteiger partial charge in [-0.25, -0.2) is 4.99 Å². The molecular weight excluding hydrogens is 390 g/mol. The Morgan fingerprint density at radius 2 is 2.10 bits per heavy atom. The van der Waals surface area contributed by atoms with Gasteiger partial charge in [0.1, 0.15) is 24.2 Å². The predicted molar refractivity (Wildman–Crippen MR) is 125 cm³/mol. The molecule has 0 saturated carbocycles. The number of aliphatic imine (C=N–C) groups is 1. The molecule has 2 aliphatic rings. The van der Waals surface area contributed by atoms with Crippen molar-refractivity contribution < 1.29 is 19.3 Å². The number of aromatic hydroxyl groups is 1. The van der Waals surface area contributed by atoms with E-state index in [-0.39, 0.29) is 29.8 Å². The van der Waals surface area contributed by atoms with Crippen LogP contribution < -0.4 is 4.74 Å². The highest BCUT2D eigenvalue weighted by Gasteiger charge is 2.31. The van der Waals surface area contributed by atoms with Crippen molar-refractivity contribution in [2.45, 2.75) is 71.3 Å². The van der Waals surface area contributed by atoms with Gasteiger partial charge in [-0.05, 0) is 63.1 Å². The van der Waals surface area contributed by atoms with Gasteiger partial charge in [-0.2, -0.15) is 0 Å². The third-order valence-corrected chi connectivity index (χ3v) is 6.14. The van der Waals surface area contributed by atoms with Crippen LogP contribution in [0.5, 0.6) is 11.5 Å². The first kappa shape index (κ1) is 23.4. The average Bonchev–Trinajstić information content (AvgIpc) is 3.55. The quantitative estimate of drug-likeness (QED) is 0.175. The Labute approximate surface area is 186 Å². The fourth-order valence-electron chi connectivity index (χ4n) is 4.28. The zero-order valence-corrected chi connectivity index (χ0v) is 19.4. The van der Waals surface area contributed by atoms with Gasteiger partial charge in [0.25, 0.3) is 0 Å². The lowest BCUT2D eigenvalue weighted by Crippen LogP contribution is -2.21. The van der Waals surface area contributed by atoms with Crippen LogP contribution in [0.2, 0.25) is 0 Å². The Kier molecular flexibility index (Phi) is 8.19. The van der Waals surface area contributed by atoms with Gasteiger partial charge in [-0.1, -0.05) is 43.6 Å². The van der Waals surface area contributed by atoms with Gasteiger partial charge >= 0.3 is 6.08 Å². The predicted octanol–water partition coefficient (Wildman–Crippen LogP) is 5.92. The van der Waals surface area contributed by atoms with E-state index in [4.69, 9.17) is 14.2 Å². The van der Waals surface area contributed by atoms with E-state index < -0.39 is 0 Å². The van der Waals surface area contributed by atoms with Crippen LogP contribution in [0.3, 0.4) is 0 Å². The van der Waals surface area contributed by atoms with Crippen molar-refractivity contribution in [2.24, 2.45) is 10.9 Å². The molecule has 1 fully saturated rings. The number of phenols is 1. The summed E-state index contributed by atoms with van der Waals surface area (Å²) < 4.78 is 17.1. The summed E-state index contributed by atoms with van der Waals surface area (Å²) in [7, 11) is 1.65. The molecule has 1 aliphatic heterocycles. The number of allylic oxidation sites excluding steroid dienone is 3. The number of benzene rings is 1. The van der Waals surface area contributed by atoms with Crippen molar-refractivity contribution in [3.8, 4) is 11.5 Å². The summed E-state index contributed by atoms with van der Waals surface area (Å²) in [6.07, 6.45) is 8.93. The minimum absolute atomic E-state index is 0.0100. The lowest BCUT2D eigenvalue weighted by molar-refractivity contribution is 0.205. The van der Waals surface area contributed by atoms with Crippen molar-refractivity contribution in [1.29, 1.82) is 0 Å². The van der Waals surface area contributed by atoms with Crippen LogP contribution in [-0.2, 0) is 15.9 Å². The summed E-state index contributed by atoms with van der Waals surface area (Å²) in [5.41, 5.74) is 4.30. The van der Waals surface area contributed by atoms with Crippen LogP contribution in [0.15, 0.2) is 40.9 Å². The normalized spacial score (nSPS) is 23.3. The van der Waals surface area contributed by atoms with Crippen LogP contribution in [0.25, 0.3) is 0 Å². The highest BCUT2D eigenvalue weighted by Crippen LogP contribution is 2.47. The smallest absolute Gasteiger partial charge is 0.388 e. The molecule has 1 heterocycles. The van der Waals surface area contributed by atoms with E-state index in [0.717, 1.165) is 55.2 Å². The van der Waals surface area contributed by atoms with Crippen molar-refractivity contribution in [3.63, 3.8) is 0 Å². The molecule has 1 aromatic rings. The molecule has 1 saturated heterocycles. The molecule has 0 aromatic heterocycles. The van der Waals surface area contributed by atoms with E-state index in [1.165, 1.54) is 5.57 Å². The second kappa shape index (κ2) is 10.9. The van der Waals surface area contributed by atoms with Gasteiger partial charge in [0.15, 0.2) is 0 Å². The maximum Gasteiger partial charge on any atom is 0.388 e. The molecule has 0 amide bonds. The summed E-state index contributed by atoms with van der Waals surface area (Å²) in [6, 6.07) is 3.94. The topological polar surface area (TPSA) is 63.6 Å². The Morgan fingerprint density at radius 3 is 2.74 bits per heavy atom. The number of phenolic OH excluding ortho intramolecular Hbond substituents is 1. The molecule has 0 bridgehead atoms. The van der Waals surface area contributed by atoms with Crippen molar-refractivity contribution >= 4 is 6.08 Å². The first-order chi connectivity index (χ1) is 14.9. The highest BCUT2D eigenvalue weighted by atomic mass is 16.7. The number of epoxide rings is 1. The maximum atomic E-state index is 11.1. The standard InChI is InChI=1S/C26H37NO4/c1-6-7-8-9-19-13-23(28)25(22-12-18(4)10-11-21(22)17(2)3)24(14-19)31-26(27-5)30-16-20-15-29-20/h12-14,20-22,28H,2,6-11,15-16H2,1,3-5H3/b27-26-/t20?,21-,22+/m0/s1. The van der Waals surface area contributed by atoms with E-state index in [0.29, 0.717) is 19.0 Å². The fraction of sp³-hybridized carbons (Fsp3) is 0.577. The van der Waals surface area contributed by atoms with Crippen LogP contribution in [-0.4, -0.2) is 37.6 Å². The van der Waals surface area contributed by atoms with Gasteiger partial charge < -0.3 is 19.3 Å². The van der Waals surface area contributed by atoms with E-state index in [1.807, 2.05) is 12.1 Å². The van der Waals surface area contributed by atoms with E-state index in [9.17, 15) is 5.11 Å². The molecule has 170 valence electrons. The fourth-order valence-corrected chi connectivity index (χ4v) is 4.28. The minimum atomic E-state index is 0.0100. The molecule has 5 heteroatoms. The highest BCUT2D eigenvalue weighted by molar-refractivity contribution is 5.71. The molecule has 0 spiro atoms. The number of rotatable bonds is 9. The molecule has 5 nitrogen and oxygen atoms in total. The van der Waals surface area contributed by atoms with Crippen molar-refractivity contribution in [1.82, 2.24) is 0 Å². The summed E-state index contributed by atoms with van der Waals surface area (Å²) >= 11 is 0. The molecule has 1 aromatic carbocycles. The molecule has 0 radical (unpaired) electrons. The number of unbranched alkanes of at least 4 members (excludes halogenated alkanes) is 2. The first-order valence-electron chi connectivity index (χ1n) is 11.5. The van der Waals surface area contributed by atoms with Crippen LogP contribution >= 0.6 is 0 Å². The third kappa shape index (κ3) is 6.36. The zero-order chi connectivity index (χ0) is 22.4. The van der Waals surface area contributed by atoms with Gasteiger partial charge in [0, 0.05) is 18.5 Å². The lowest BCUT2D eigenvalue weighted by atomic mass is 9.73. The Bertz CT molecular complexity index is 838. The van der Waals surface area contributed by atoms with Gasteiger partial charge in [-0.15, -0.1) is 0 Å². The molecule has 1 unspecified atom stereocenters. The average molecular weight is 428 g/mol. The molecule has 1 N–H and O–H groups in total. The van der Waals surface area contributed by atoms with E-state index >= 15 is 0 Å². The summed E-state index contributed by atoms with van der Waals surface area (Å²) in [5, 5.41) is 11.1. The molecule has 3 atom stereocenters. The maximum absolute atomic E-state index is 11.1. The summed E-state index contributed by atoms with van der Waals surface area (Å²) in [6.45, 7) is 11.8. The second-order valence-corrected chi connectivity index (χ2v) is 8.87. The summed E-state index contributed by atoms with van der Waals surface area (Å²) in [4.78, 5) is 4.18. The molecular formula is C26H37NO4. The minimum Gasteiger partial charge on any atom is -0.507 e. The Balaban J connectivity index is 1.96. The zero-order valence-electron chi connectivity index (χ0n) is 19.4. The van der Waals surface area contributed by atoms with Crippen LogP contribution in [0.4, 0.5) is 0 Å². The first-order valence-corrected chi connectivity index (χ1v) is 11.5. The number of hydrogen-bond donors (Lipinski definition) is 1. The number of aryl methyl sites for hydroxylation is 1. The largest absolute Gasteiger partial charge is 0.507 e. The second-order valence-electron chi connectivity index (χ2n) is 8.87. The number of nitrogens with zero attached hydrogens (tertiary/aromatic N) is 1. The lowest BCUT2D eigenvalue weighted by Gasteiger charge is -2.32. The summed E-state index contributed by atoms with van der Waals surface area (Å²) in [5.74, 6) is 1.15.